The molecule has 1 aromatic heterocycles. The number of hydrogen-bond acceptors (Lipinski definition) is 5. The summed E-state index contributed by atoms with van der Waals surface area (Å²) < 4.78 is 49.5. The molecule has 0 saturated heterocycles. The summed E-state index contributed by atoms with van der Waals surface area (Å²) in [6.07, 6.45) is -4.36. The van der Waals surface area contributed by atoms with Crippen molar-refractivity contribution < 1.29 is 27.4 Å². The van der Waals surface area contributed by atoms with Crippen molar-refractivity contribution in [3.63, 3.8) is 0 Å². The molecule has 0 atom stereocenters. The standard InChI is InChI=1S/C22H20F3NO3S/c1-13-10-18(8-9-19(13)29-11-14(2)27)28-12-20-15(3)26-21(30-20)16-4-6-17(7-5-16)22(23,24)25/h4-10H,11-12H2,1-3H3. The summed E-state index contributed by atoms with van der Waals surface area (Å²) in [5, 5.41) is 0.643. The van der Waals surface area contributed by atoms with Crippen molar-refractivity contribution in [1.82, 2.24) is 4.98 Å². The molecule has 0 aliphatic carbocycles. The fourth-order valence-electron chi connectivity index (χ4n) is 2.69. The predicted molar refractivity (Wildman–Crippen MR) is 109 cm³/mol. The first-order valence-electron chi connectivity index (χ1n) is 9.13. The summed E-state index contributed by atoms with van der Waals surface area (Å²) in [5.74, 6) is 1.21. The van der Waals surface area contributed by atoms with E-state index < -0.39 is 11.7 Å². The number of Topliss-reactive ketones (excluding diaryl/α,β-unsaturated/α-hetero) is 1. The highest BCUT2D eigenvalue weighted by molar-refractivity contribution is 7.15. The zero-order valence-electron chi connectivity index (χ0n) is 16.7. The molecule has 30 heavy (non-hydrogen) atoms. The Morgan fingerprint density at radius 2 is 1.77 bits per heavy atom. The number of aryl methyl sites for hydroxylation is 2. The predicted octanol–water partition coefficient (Wildman–Crippen LogP) is 5.99. The molecule has 0 spiro atoms. The van der Waals surface area contributed by atoms with Gasteiger partial charge in [-0.15, -0.1) is 11.3 Å². The van der Waals surface area contributed by atoms with Crippen molar-refractivity contribution in [1.29, 1.82) is 0 Å². The van der Waals surface area contributed by atoms with Crippen LogP contribution in [0.4, 0.5) is 13.2 Å². The van der Waals surface area contributed by atoms with Crippen molar-refractivity contribution in [2.75, 3.05) is 6.61 Å². The quantitative estimate of drug-likeness (QED) is 0.457. The number of ether oxygens (including phenoxy) is 2. The minimum Gasteiger partial charge on any atom is -0.488 e. The number of nitrogens with zero attached hydrogens (tertiary/aromatic N) is 1. The van der Waals surface area contributed by atoms with E-state index in [4.69, 9.17) is 9.47 Å². The Balaban J connectivity index is 1.68. The highest BCUT2D eigenvalue weighted by atomic mass is 32.1. The number of aromatic nitrogens is 1. The van der Waals surface area contributed by atoms with Crippen molar-refractivity contribution in [2.24, 2.45) is 0 Å². The van der Waals surface area contributed by atoms with E-state index in [0.29, 0.717) is 22.1 Å². The number of carbonyl (C=O) groups is 1. The Bertz CT molecular complexity index is 1040. The SMILES string of the molecule is CC(=O)COc1ccc(OCc2sc(-c3ccc(C(F)(F)F)cc3)nc2C)cc1C. The van der Waals surface area contributed by atoms with E-state index in [-0.39, 0.29) is 19.0 Å². The Labute approximate surface area is 176 Å². The van der Waals surface area contributed by atoms with Crippen LogP contribution in [0.5, 0.6) is 11.5 Å². The fourth-order valence-corrected chi connectivity index (χ4v) is 3.67. The van der Waals surface area contributed by atoms with Gasteiger partial charge in [-0.25, -0.2) is 4.98 Å². The van der Waals surface area contributed by atoms with Crippen molar-refractivity contribution >= 4 is 17.1 Å². The van der Waals surface area contributed by atoms with Crippen molar-refractivity contribution in [3.8, 4) is 22.1 Å². The Morgan fingerprint density at radius 3 is 2.37 bits per heavy atom. The average molecular weight is 435 g/mol. The van der Waals surface area contributed by atoms with Gasteiger partial charge in [0, 0.05) is 5.56 Å². The molecule has 1 heterocycles. The third kappa shape index (κ3) is 5.38. The van der Waals surface area contributed by atoms with Crippen LogP contribution in [0, 0.1) is 13.8 Å². The van der Waals surface area contributed by atoms with E-state index in [0.717, 1.165) is 28.3 Å². The van der Waals surface area contributed by atoms with Crippen LogP contribution in [0.3, 0.4) is 0 Å². The van der Waals surface area contributed by atoms with E-state index in [2.05, 4.69) is 4.98 Å². The first kappa shape index (κ1) is 21.8. The minimum atomic E-state index is -4.36. The third-order valence-corrected chi connectivity index (χ3v) is 5.48. The molecular formula is C22H20F3NO3S. The molecule has 0 N–H and O–H groups in total. The summed E-state index contributed by atoms with van der Waals surface area (Å²) in [5.41, 5.74) is 1.56. The Kier molecular flexibility index (Phi) is 6.45. The molecule has 8 heteroatoms. The Morgan fingerprint density at radius 1 is 1.07 bits per heavy atom. The second kappa shape index (κ2) is 8.87. The topological polar surface area (TPSA) is 48.4 Å². The van der Waals surface area contributed by atoms with Crippen LogP contribution in [-0.4, -0.2) is 17.4 Å². The smallest absolute Gasteiger partial charge is 0.416 e. The third-order valence-electron chi connectivity index (χ3n) is 4.30. The van der Waals surface area contributed by atoms with Crippen LogP contribution in [0.25, 0.3) is 10.6 Å². The highest BCUT2D eigenvalue weighted by Crippen LogP contribution is 2.33. The lowest BCUT2D eigenvalue weighted by atomic mass is 10.1. The van der Waals surface area contributed by atoms with Crippen LogP contribution in [-0.2, 0) is 17.6 Å². The summed E-state index contributed by atoms with van der Waals surface area (Å²) in [7, 11) is 0. The first-order valence-corrected chi connectivity index (χ1v) is 9.95. The lowest BCUT2D eigenvalue weighted by Gasteiger charge is -2.10. The van der Waals surface area contributed by atoms with Crippen LogP contribution in [0.15, 0.2) is 42.5 Å². The van der Waals surface area contributed by atoms with Gasteiger partial charge < -0.3 is 9.47 Å². The fraction of sp³-hybridized carbons (Fsp3) is 0.273. The summed E-state index contributed by atoms with van der Waals surface area (Å²) >= 11 is 1.38. The van der Waals surface area contributed by atoms with Gasteiger partial charge in [-0.05, 0) is 56.7 Å². The number of alkyl halides is 3. The summed E-state index contributed by atoms with van der Waals surface area (Å²) in [6, 6.07) is 10.3. The molecule has 0 bridgehead atoms. The molecule has 2 aromatic carbocycles. The zero-order chi connectivity index (χ0) is 21.9. The average Bonchev–Trinajstić information content (AvgIpc) is 3.05. The molecule has 0 fully saturated rings. The number of halogens is 3. The van der Waals surface area contributed by atoms with Gasteiger partial charge in [0.2, 0.25) is 0 Å². The van der Waals surface area contributed by atoms with Gasteiger partial charge in [-0.2, -0.15) is 13.2 Å². The number of carbonyl (C=O) groups excluding carboxylic acids is 1. The Hall–Kier alpha value is -2.87. The second-order valence-corrected chi connectivity index (χ2v) is 7.89. The maximum absolute atomic E-state index is 12.7. The maximum atomic E-state index is 12.7. The molecule has 0 saturated carbocycles. The number of rotatable bonds is 7. The van der Waals surface area contributed by atoms with Gasteiger partial charge in [-0.1, -0.05) is 12.1 Å². The lowest BCUT2D eigenvalue weighted by molar-refractivity contribution is -0.137. The summed E-state index contributed by atoms with van der Waals surface area (Å²) in [4.78, 5) is 16.4. The number of benzene rings is 2. The summed E-state index contributed by atoms with van der Waals surface area (Å²) in [6.45, 7) is 5.48. The van der Waals surface area contributed by atoms with Crippen LogP contribution >= 0.6 is 11.3 Å². The maximum Gasteiger partial charge on any atom is 0.416 e. The van der Waals surface area contributed by atoms with Crippen molar-refractivity contribution in [3.05, 3.63) is 64.2 Å². The van der Waals surface area contributed by atoms with Gasteiger partial charge in [0.1, 0.15) is 29.7 Å². The largest absolute Gasteiger partial charge is 0.488 e. The second-order valence-electron chi connectivity index (χ2n) is 6.81. The van der Waals surface area contributed by atoms with Gasteiger partial charge >= 0.3 is 6.18 Å². The lowest BCUT2D eigenvalue weighted by Crippen LogP contribution is -2.07. The van der Waals surface area contributed by atoms with Crippen molar-refractivity contribution in [2.45, 2.75) is 33.6 Å². The van der Waals surface area contributed by atoms with Gasteiger partial charge in [0.15, 0.2) is 5.78 Å². The van der Waals surface area contributed by atoms with Gasteiger partial charge in [0.05, 0.1) is 16.1 Å². The molecule has 4 nitrogen and oxygen atoms in total. The van der Waals surface area contributed by atoms with Crippen LogP contribution < -0.4 is 9.47 Å². The van der Waals surface area contributed by atoms with Gasteiger partial charge in [0.25, 0.3) is 0 Å². The normalized spacial score (nSPS) is 11.4. The molecule has 3 aromatic rings. The molecule has 0 amide bonds. The van der Waals surface area contributed by atoms with Crippen LogP contribution in [0.1, 0.15) is 28.6 Å². The van der Waals surface area contributed by atoms with E-state index in [1.165, 1.54) is 30.4 Å². The van der Waals surface area contributed by atoms with E-state index in [1.54, 1.807) is 12.1 Å². The molecule has 0 unspecified atom stereocenters. The number of thiazole rings is 1. The number of ketones is 1. The molecule has 0 radical (unpaired) electrons. The molecule has 158 valence electrons. The molecule has 0 aliphatic rings. The first-order chi connectivity index (χ1) is 14.1. The van der Waals surface area contributed by atoms with Gasteiger partial charge in [-0.3, -0.25) is 4.79 Å². The van der Waals surface area contributed by atoms with E-state index in [1.807, 2.05) is 19.9 Å². The highest BCUT2D eigenvalue weighted by Gasteiger charge is 2.30. The van der Waals surface area contributed by atoms with Crippen LogP contribution in [0.2, 0.25) is 0 Å². The molecule has 0 aliphatic heterocycles. The van der Waals surface area contributed by atoms with E-state index >= 15 is 0 Å². The van der Waals surface area contributed by atoms with E-state index in [9.17, 15) is 18.0 Å². The minimum absolute atomic E-state index is 0.0217. The molecule has 3 rings (SSSR count). The molecular weight excluding hydrogens is 415 g/mol. The monoisotopic (exact) mass is 435 g/mol. The number of hydrogen-bond donors (Lipinski definition) is 0. The zero-order valence-corrected chi connectivity index (χ0v) is 17.5.